The van der Waals surface area contributed by atoms with E-state index in [9.17, 15) is 4.79 Å². The van der Waals surface area contributed by atoms with Crippen LogP contribution >= 0.6 is 22.7 Å². The second-order valence-corrected chi connectivity index (χ2v) is 7.68. The Balaban J connectivity index is 1.48. The molecule has 0 saturated heterocycles. The molecule has 0 fully saturated rings. The summed E-state index contributed by atoms with van der Waals surface area (Å²) in [7, 11) is 0. The number of hydrogen-bond donors (Lipinski definition) is 1. The molecule has 7 heteroatoms. The standard InChI is InChI=1S/C18H15N3O2S2/c1-10-6-11(2)16-14(7-10)25-18(21-16)20-15(22)8-12-9-24-17(19-12)13-4-3-5-23-13/h3-7,9H,8H2,1-2H3,(H,20,21,22). The number of nitrogens with zero attached hydrogens (tertiary/aromatic N) is 2. The van der Waals surface area contributed by atoms with E-state index >= 15 is 0 Å². The number of carbonyl (C=O) groups excluding carboxylic acids is 1. The number of rotatable bonds is 4. The van der Waals surface area contributed by atoms with Gasteiger partial charge in [0.25, 0.3) is 0 Å². The third-order valence-electron chi connectivity index (χ3n) is 3.70. The summed E-state index contributed by atoms with van der Waals surface area (Å²) in [6, 6.07) is 7.86. The molecule has 1 N–H and O–H groups in total. The molecule has 4 rings (SSSR count). The molecule has 0 unspecified atom stereocenters. The van der Waals surface area contributed by atoms with Gasteiger partial charge in [-0.1, -0.05) is 17.4 Å². The Hall–Kier alpha value is -2.51. The molecule has 4 aromatic rings. The lowest BCUT2D eigenvalue weighted by atomic mass is 10.1. The number of fused-ring (bicyclic) bond motifs is 1. The molecule has 3 aromatic heterocycles. The maximum absolute atomic E-state index is 12.3. The van der Waals surface area contributed by atoms with Gasteiger partial charge in [0.1, 0.15) is 0 Å². The summed E-state index contributed by atoms with van der Waals surface area (Å²) in [6.45, 7) is 4.09. The van der Waals surface area contributed by atoms with Crippen LogP contribution in [0.15, 0.2) is 40.3 Å². The van der Waals surface area contributed by atoms with E-state index in [0.29, 0.717) is 10.9 Å². The summed E-state index contributed by atoms with van der Waals surface area (Å²) in [5, 5.41) is 6.16. The van der Waals surface area contributed by atoms with Gasteiger partial charge in [-0.3, -0.25) is 4.79 Å². The number of amides is 1. The maximum atomic E-state index is 12.3. The molecule has 1 amide bonds. The molecule has 0 spiro atoms. The van der Waals surface area contributed by atoms with Crippen LogP contribution in [0.25, 0.3) is 21.0 Å². The van der Waals surface area contributed by atoms with E-state index in [1.807, 2.05) is 24.4 Å². The molecule has 0 radical (unpaired) electrons. The first-order valence-corrected chi connectivity index (χ1v) is 9.44. The van der Waals surface area contributed by atoms with Gasteiger partial charge in [-0.25, -0.2) is 9.97 Å². The normalized spacial score (nSPS) is 11.1. The molecule has 0 bridgehead atoms. The lowest BCUT2D eigenvalue weighted by Gasteiger charge is -1.98. The number of nitrogens with one attached hydrogen (secondary N) is 1. The Morgan fingerprint density at radius 2 is 2.16 bits per heavy atom. The quantitative estimate of drug-likeness (QED) is 0.560. The fourth-order valence-electron chi connectivity index (χ4n) is 2.65. The van der Waals surface area contributed by atoms with Crippen LogP contribution in [0.5, 0.6) is 0 Å². The van der Waals surface area contributed by atoms with Gasteiger partial charge in [-0.15, -0.1) is 11.3 Å². The Labute approximate surface area is 152 Å². The molecular weight excluding hydrogens is 354 g/mol. The molecular formula is C18H15N3O2S2. The number of anilines is 1. The van der Waals surface area contributed by atoms with E-state index in [1.54, 1.807) is 6.26 Å². The van der Waals surface area contributed by atoms with E-state index in [0.717, 1.165) is 26.5 Å². The Bertz CT molecular complexity index is 1050. The van der Waals surface area contributed by atoms with Crippen LogP contribution in [-0.2, 0) is 11.2 Å². The molecule has 0 aliphatic carbocycles. The van der Waals surface area contributed by atoms with Crippen LogP contribution < -0.4 is 5.32 Å². The lowest BCUT2D eigenvalue weighted by Crippen LogP contribution is -2.14. The molecule has 1 aromatic carbocycles. The van der Waals surface area contributed by atoms with Crippen LogP contribution in [-0.4, -0.2) is 15.9 Å². The first kappa shape index (κ1) is 16.0. The van der Waals surface area contributed by atoms with Crippen molar-refractivity contribution in [1.82, 2.24) is 9.97 Å². The van der Waals surface area contributed by atoms with Crippen molar-refractivity contribution in [2.24, 2.45) is 0 Å². The fourth-order valence-corrected chi connectivity index (χ4v) is 4.50. The molecule has 0 atom stereocenters. The molecule has 0 saturated carbocycles. The molecule has 3 heterocycles. The summed E-state index contributed by atoms with van der Waals surface area (Å²) >= 11 is 2.96. The smallest absolute Gasteiger partial charge is 0.232 e. The monoisotopic (exact) mass is 369 g/mol. The molecule has 5 nitrogen and oxygen atoms in total. The van der Waals surface area contributed by atoms with E-state index in [1.165, 1.54) is 28.2 Å². The minimum Gasteiger partial charge on any atom is -0.462 e. The van der Waals surface area contributed by atoms with Gasteiger partial charge in [0.2, 0.25) is 5.91 Å². The van der Waals surface area contributed by atoms with Crippen molar-refractivity contribution in [3.63, 3.8) is 0 Å². The predicted molar refractivity (Wildman–Crippen MR) is 101 cm³/mol. The summed E-state index contributed by atoms with van der Waals surface area (Å²) in [6.07, 6.45) is 1.82. The third kappa shape index (κ3) is 3.33. The van der Waals surface area contributed by atoms with Gasteiger partial charge in [-0.2, -0.15) is 0 Å². The summed E-state index contributed by atoms with van der Waals surface area (Å²) < 4.78 is 6.41. The highest BCUT2D eigenvalue weighted by Crippen LogP contribution is 2.29. The Morgan fingerprint density at radius 1 is 1.28 bits per heavy atom. The average molecular weight is 369 g/mol. The minimum absolute atomic E-state index is 0.121. The Morgan fingerprint density at radius 3 is 2.96 bits per heavy atom. The summed E-state index contributed by atoms with van der Waals surface area (Å²) in [5.41, 5.74) is 3.98. The first-order chi connectivity index (χ1) is 12.1. The van der Waals surface area contributed by atoms with E-state index < -0.39 is 0 Å². The number of furan rings is 1. The number of thiazole rings is 2. The number of benzene rings is 1. The second kappa shape index (κ2) is 6.42. The zero-order chi connectivity index (χ0) is 17.4. The summed E-state index contributed by atoms with van der Waals surface area (Å²) in [5.74, 6) is 0.596. The fraction of sp³-hybridized carbons (Fsp3) is 0.167. The van der Waals surface area contributed by atoms with Crippen molar-refractivity contribution in [1.29, 1.82) is 0 Å². The molecule has 126 valence electrons. The van der Waals surface area contributed by atoms with Crippen molar-refractivity contribution in [2.75, 3.05) is 5.32 Å². The van der Waals surface area contributed by atoms with Crippen LogP contribution in [0, 0.1) is 13.8 Å². The SMILES string of the molecule is Cc1cc(C)c2nc(NC(=O)Cc3csc(-c4ccco4)n3)sc2c1. The second-order valence-electron chi connectivity index (χ2n) is 5.79. The van der Waals surface area contributed by atoms with Crippen LogP contribution in [0.2, 0.25) is 0 Å². The van der Waals surface area contributed by atoms with Crippen molar-refractivity contribution in [2.45, 2.75) is 20.3 Å². The zero-order valence-electron chi connectivity index (χ0n) is 13.7. The highest BCUT2D eigenvalue weighted by Gasteiger charge is 2.13. The highest BCUT2D eigenvalue weighted by atomic mass is 32.1. The lowest BCUT2D eigenvalue weighted by molar-refractivity contribution is -0.115. The van der Waals surface area contributed by atoms with Crippen molar-refractivity contribution in [3.8, 4) is 10.8 Å². The zero-order valence-corrected chi connectivity index (χ0v) is 15.3. The Kier molecular flexibility index (Phi) is 4.10. The highest BCUT2D eigenvalue weighted by molar-refractivity contribution is 7.22. The maximum Gasteiger partial charge on any atom is 0.232 e. The van der Waals surface area contributed by atoms with Gasteiger partial charge < -0.3 is 9.73 Å². The average Bonchev–Trinajstić information content (AvgIpc) is 3.26. The topological polar surface area (TPSA) is 68.0 Å². The largest absolute Gasteiger partial charge is 0.462 e. The third-order valence-corrected chi connectivity index (χ3v) is 5.53. The van der Waals surface area contributed by atoms with Crippen molar-refractivity contribution in [3.05, 3.63) is 52.7 Å². The minimum atomic E-state index is -0.121. The summed E-state index contributed by atoms with van der Waals surface area (Å²) in [4.78, 5) is 21.3. The molecule has 0 aliphatic rings. The van der Waals surface area contributed by atoms with Gasteiger partial charge in [0.05, 0.1) is 28.6 Å². The van der Waals surface area contributed by atoms with Crippen molar-refractivity contribution < 1.29 is 9.21 Å². The number of carbonyl (C=O) groups is 1. The molecule has 0 aliphatic heterocycles. The van der Waals surface area contributed by atoms with Gasteiger partial charge in [-0.05, 0) is 43.2 Å². The molecule has 25 heavy (non-hydrogen) atoms. The van der Waals surface area contributed by atoms with E-state index in [4.69, 9.17) is 4.42 Å². The van der Waals surface area contributed by atoms with Gasteiger partial charge in [0, 0.05) is 5.38 Å². The van der Waals surface area contributed by atoms with Crippen molar-refractivity contribution >= 4 is 43.9 Å². The number of aromatic nitrogens is 2. The number of aryl methyl sites for hydroxylation is 2. The van der Waals surface area contributed by atoms with Crippen LogP contribution in [0.1, 0.15) is 16.8 Å². The van der Waals surface area contributed by atoms with Gasteiger partial charge in [0.15, 0.2) is 15.9 Å². The first-order valence-electron chi connectivity index (χ1n) is 7.74. The number of hydrogen-bond acceptors (Lipinski definition) is 6. The van der Waals surface area contributed by atoms with E-state index in [2.05, 4.69) is 34.3 Å². The predicted octanol–water partition coefficient (Wildman–Crippen LogP) is 4.81. The van der Waals surface area contributed by atoms with Gasteiger partial charge >= 0.3 is 0 Å². The van der Waals surface area contributed by atoms with E-state index in [-0.39, 0.29) is 12.3 Å². The van der Waals surface area contributed by atoms with Crippen LogP contribution in [0.3, 0.4) is 0 Å². The van der Waals surface area contributed by atoms with Crippen LogP contribution in [0.4, 0.5) is 5.13 Å².